The molecule has 0 unspecified atom stereocenters. The predicted octanol–water partition coefficient (Wildman–Crippen LogP) is 5.23. The summed E-state index contributed by atoms with van der Waals surface area (Å²) >= 11 is 0. The molecule has 1 fully saturated rings. The Morgan fingerprint density at radius 3 is 2.50 bits per heavy atom. The van der Waals surface area contributed by atoms with E-state index in [0.717, 1.165) is 47.7 Å². The summed E-state index contributed by atoms with van der Waals surface area (Å²) in [7, 11) is 1.97. The minimum Gasteiger partial charge on any atom is -0.406 e. The lowest BCUT2D eigenvalue weighted by molar-refractivity contribution is -0.274. The van der Waals surface area contributed by atoms with Gasteiger partial charge in [0.15, 0.2) is 0 Å². The fourth-order valence-corrected chi connectivity index (χ4v) is 3.89. The van der Waals surface area contributed by atoms with Crippen LogP contribution in [0.3, 0.4) is 0 Å². The molecule has 0 aliphatic carbocycles. The highest BCUT2D eigenvalue weighted by molar-refractivity contribution is 5.82. The van der Waals surface area contributed by atoms with Crippen molar-refractivity contribution < 1.29 is 17.9 Å². The van der Waals surface area contributed by atoms with Crippen molar-refractivity contribution >= 4 is 17.2 Å². The Hall–Kier alpha value is -3.59. The molecular formula is C25H26F3N5O. The molecule has 2 N–H and O–H groups in total. The topological polar surface area (TPSA) is 62.3 Å². The highest BCUT2D eigenvalue weighted by Crippen LogP contribution is 2.33. The van der Waals surface area contributed by atoms with Crippen LogP contribution in [0.2, 0.25) is 0 Å². The molecule has 0 spiro atoms. The molecule has 1 aromatic carbocycles. The number of anilines is 2. The third-order valence-electron chi connectivity index (χ3n) is 5.72. The number of aromatic nitrogens is 2. The quantitative estimate of drug-likeness (QED) is 0.494. The van der Waals surface area contributed by atoms with Crippen molar-refractivity contribution in [1.29, 1.82) is 0 Å². The minimum atomic E-state index is -4.73. The van der Waals surface area contributed by atoms with E-state index in [1.807, 2.05) is 38.4 Å². The maximum Gasteiger partial charge on any atom is 0.573 e. The zero-order chi connectivity index (χ0) is 24.3. The molecule has 178 valence electrons. The van der Waals surface area contributed by atoms with Crippen LogP contribution in [0.25, 0.3) is 16.8 Å². The van der Waals surface area contributed by atoms with Crippen LogP contribution in [0.1, 0.15) is 17.7 Å². The molecule has 0 radical (unpaired) electrons. The van der Waals surface area contributed by atoms with E-state index < -0.39 is 6.36 Å². The Morgan fingerprint density at radius 2 is 1.88 bits per heavy atom. The SMILES string of the molecule is C=C(Nc1ccc(OC(F)(F)F)cc1)c1cnc(N2CC[C@H](NC)C2)c(-c2ccc(C)nc2)c1. The van der Waals surface area contributed by atoms with Crippen LogP contribution >= 0.6 is 0 Å². The van der Waals surface area contributed by atoms with Crippen molar-refractivity contribution in [1.82, 2.24) is 15.3 Å². The van der Waals surface area contributed by atoms with E-state index in [2.05, 4.69) is 31.8 Å². The Labute approximate surface area is 196 Å². The molecule has 1 atom stereocenters. The number of nitrogens with zero attached hydrogens (tertiary/aromatic N) is 3. The van der Waals surface area contributed by atoms with Crippen LogP contribution in [0, 0.1) is 6.92 Å². The van der Waals surface area contributed by atoms with E-state index in [9.17, 15) is 13.2 Å². The fraction of sp³-hybridized carbons (Fsp3) is 0.280. The first-order chi connectivity index (χ1) is 16.2. The average molecular weight is 470 g/mol. The molecular weight excluding hydrogens is 443 g/mol. The highest BCUT2D eigenvalue weighted by Gasteiger charge is 2.31. The molecule has 34 heavy (non-hydrogen) atoms. The van der Waals surface area contributed by atoms with E-state index >= 15 is 0 Å². The van der Waals surface area contributed by atoms with Gasteiger partial charge in [-0.2, -0.15) is 0 Å². The van der Waals surface area contributed by atoms with Gasteiger partial charge in [-0.25, -0.2) is 4.98 Å². The van der Waals surface area contributed by atoms with Gasteiger partial charge in [0.2, 0.25) is 0 Å². The van der Waals surface area contributed by atoms with Gasteiger partial charge in [-0.1, -0.05) is 12.6 Å². The number of rotatable bonds is 7. The van der Waals surface area contributed by atoms with Gasteiger partial charge < -0.3 is 20.3 Å². The maximum atomic E-state index is 12.4. The summed E-state index contributed by atoms with van der Waals surface area (Å²) in [5.41, 5.74) is 4.73. The van der Waals surface area contributed by atoms with Gasteiger partial charge in [-0.3, -0.25) is 4.98 Å². The molecule has 3 aromatic rings. The first kappa shape index (κ1) is 23.6. The second-order valence-electron chi connectivity index (χ2n) is 8.18. The van der Waals surface area contributed by atoms with Crippen LogP contribution in [0.4, 0.5) is 24.7 Å². The lowest BCUT2D eigenvalue weighted by atomic mass is 10.0. The second kappa shape index (κ2) is 9.72. The third kappa shape index (κ3) is 5.66. The normalized spacial score (nSPS) is 15.9. The third-order valence-corrected chi connectivity index (χ3v) is 5.72. The second-order valence-corrected chi connectivity index (χ2v) is 8.18. The minimum absolute atomic E-state index is 0.283. The van der Waals surface area contributed by atoms with E-state index in [4.69, 9.17) is 4.98 Å². The van der Waals surface area contributed by atoms with Crippen LogP contribution in [0.5, 0.6) is 5.75 Å². The van der Waals surface area contributed by atoms with E-state index in [1.54, 1.807) is 6.20 Å². The number of likely N-dealkylation sites (N-methyl/N-ethyl adjacent to an activating group) is 1. The largest absolute Gasteiger partial charge is 0.573 e. The summed E-state index contributed by atoms with van der Waals surface area (Å²) in [6, 6.07) is 11.9. The van der Waals surface area contributed by atoms with Crippen LogP contribution in [0.15, 0.2) is 61.4 Å². The van der Waals surface area contributed by atoms with Crippen molar-refractivity contribution in [2.75, 3.05) is 30.4 Å². The summed E-state index contributed by atoms with van der Waals surface area (Å²) in [6.45, 7) is 7.80. The smallest absolute Gasteiger partial charge is 0.406 e. The van der Waals surface area contributed by atoms with E-state index in [1.165, 1.54) is 24.3 Å². The molecule has 1 aliphatic heterocycles. The van der Waals surface area contributed by atoms with Crippen LogP contribution in [-0.4, -0.2) is 42.5 Å². The Balaban J connectivity index is 1.59. The summed E-state index contributed by atoms with van der Waals surface area (Å²) < 4.78 is 41.1. The number of hydrogen-bond donors (Lipinski definition) is 2. The summed E-state index contributed by atoms with van der Waals surface area (Å²) in [5, 5.41) is 6.46. The van der Waals surface area contributed by atoms with Gasteiger partial charge in [0.25, 0.3) is 0 Å². The van der Waals surface area contributed by atoms with Gasteiger partial charge in [-0.05, 0) is 56.8 Å². The number of ether oxygens (including phenoxy) is 1. The summed E-state index contributed by atoms with van der Waals surface area (Å²) in [4.78, 5) is 11.5. The van der Waals surface area contributed by atoms with Gasteiger partial charge in [0, 0.05) is 65.3 Å². The Bertz CT molecular complexity index is 1150. The molecule has 3 heterocycles. The molecule has 9 heteroatoms. The molecule has 1 saturated heterocycles. The van der Waals surface area contributed by atoms with Crippen molar-refractivity contribution in [2.45, 2.75) is 25.7 Å². The summed E-state index contributed by atoms with van der Waals surface area (Å²) in [5.74, 6) is 0.600. The van der Waals surface area contributed by atoms with Gasteiger partial charge in [0.05, 0.1) is 0 Å². The maximum absolute atomic E-state index is 12.4. The van der Waals surface area contributed by atoms with Gasteiger partial charge >= 0.3 is 6.36 Å². The van der Waals surface area contributed by atoms with Crippen molar-refractivity contribution in [3.8, 4) is 16.9 Å². The first-order valence-electron chi connectivity index (χ1n) is 10.9. The van der Waals surface area contributed by atoms with E-state index in [0.29, 0.717) is 17.4 Å². The number of alkyl halides is 3. The number of aryl methyl sites for hydroxylation is 1. The number of nitrogens with one attached hydrogen (secondary N) is 2. The van der Waals surface area contributed by atoms with Crippen molar-refractivity contribution in [3.05, 3.63) is 72.7 Å². The number of pyridine rings is 2. The molecule has 1 aliphatic rings. The molecule has 0 bridgehead atoms. The fourth-order valence-electron chi connectivity index (χ4n) is 3.89. The zero-order valence-electron chi connectivity index (χ0n) is 19.0. The molecule has 0 amide bonds. The summed E-state index contributed by atoms with van der Waals surface area (Å²) in [6.07, 6.45) is -0.103. The first-order valence-corrected chi connectivity index (χ1v) is 10.9. The zero-order valence-corrected chi connectivity index (χ0v) is 19.0. The highest BCUT2D eigenvalue weighted by atomic mass is 19.4. The Kier molecular flexibility index (Phi) is 6.74. The lowest BCUT2D eigenvalue weighted by Crippen LogP contribution is -2.30. The number of benzene rings is 1. The van der Waals surface area contributed by atoms with Crippen LogP contribution < -0.4 is 20.3 Å². The number of halogens is 3. The molecule has 0 saturated carbocycles. The van der Waals surface area contributed by atoms with Crippen LogP contribution in [-0.2, 0) is 0 Å². The predicted molar refractivity (Wildman–Crippen MR) is 128 cm³/mol. The van der Waals surface area contributed by atoms with Crippen molar-refractivity contribution in [2.24, 2.45) is 0 Å². The van der Waals surface area contributed by atoms with E-state index in [-0.39, 0.29) is 5.75 Å². The monoisotopic (exact) mass is 469 g/mol. The Morgan fingerprint density at radius 1 is 1.12 bits per heavy atom. The van der Waals surface area contributed by atoms with Gasteiger partial charge in [0.1, 0.15) is 11.6 Å². The average Bonchev–Trinajstić information content (AvgIpc) is 3.29. The molecule has 2 aromatic heterocycles. The standard InChI is InChI=1S/C25H26F3N5O/c1-16-4-5-18(13-30-16)23-12-19(14-31-24(23)33-11-10-21(15-33)29-3)17(2)32-20-6-8-22(9-7-20)34-25(26,27)28/h4-9,12-14,21,29,32H,2,10-11,15H2,1,3H3/t21-/m0/s1. The number of hydrogen-bond acceptors (Lipinski definition) is 6. The van der Waals surface area contributed by atoms with Gasteiger partial charge in [-0.15, -0.1) is 13.2 Å². The van der Waals surface area contributed by atoms with Crippen molar-refractivity contribution in [3.63, 3.8) is 0 Å². The molecule has 4 rings (SSSR count). The molecule has 6 nitrogen and oxygen atoms in total. The lowest BCUT2D eigenvalue weighted by Gasteiger charge is -2.22.